The van der Waals surface area contributed by atoms with E-state index in [4.69, 9.17) is 0 Å². The second kappa shape index (κ2) is 6.89. The first-order valence-electron chi connectivity index (χ1n) is 9.31. The van der Waals surface area contributed by atoms with E-state index in [0.717, 1.165) is 18.4 Å². The van der Waals surface area contributed by atoms with E-state index in [1.165, 1.54) is 11.8 Å². The molecule has 3 heterocycles. The van der Waals surface area contributed by atoms with E-state index >= 15 is 0 Å². The number of piperazine rings is 1. The number of hydrogen-bond acceptors (Lipinski definition) is 3. The van der Waals surface area contributed by atoms with Crippen molar-refractivity contribution in [3.63, 3.8) is 0 Å². The summed E-state index contributed by atoms with van der Waals surface area (Å²) in [7, 11) is 0. The number of likely N-dealkylation sites (tertiary alicyclic amines) is 1. The van der Waals surface area contributed by atoms with Crippen LogP contribution in [0.15, 0.2) is 24.4 Å². The van der Waals surface area contributed by atoms with E-state index in [1.54, 1.807) is 29.3 Å². The summed E-state index contributed by atoms with van der Waals surface area (Å²) < 4.78 is 25.8. The van der Waals surface area contributed by atoms with Crippen molar-refractivity contribution in [2.75, 3.05) is 13.1 Å². The number of carbonyl (C=O) groups is 2. The maximum atomic E-state index is 13.2. The summed E-state index contributed by atoms with van der Waals surface area (Å²) in [5.41, 5.74) is 1.75. The van der Waals surface area contributed by atoms with Crippen molar-refractivity contribution < 1.29 is 18.4 Å². The van der Waals surface area contributed by atoms with Crippen molar-refractivity contribution in [3.05, 3.63) is 35.5 Å². The van der Waals surface area contributed by atoms with Crippen LogP contribution < -0.4 is 0 Å². The van der Waals surface area contributed by atoms with Crippen LogP contribution in [-0.4, -0.2) is 58.2 Å². The number of nitrogens with zero attached hydrogens (tertiary/aromatic N) is 3. The lowest BCUT2D eigenvalue weighted by Crippen LogP contribution is -2.58. The molecule has 2 bridgehead atoms. The Hall–Kier alpha value is -2.95. The molecule has 0 spiro atoms. The maximum absolute atomic E-state index is 13.2. The standard InChI is InChI=1S/C20H20F2N4O2/c1-11(18(21)22)19(27)25-9-14-3-4-15(10-25)26(14)20(28)12-2-5-17-16(6-12)13(7-23)8-24-17/h2,5-6,8,11,14-15,18,24H,3-4,9-10H2,1H3/t11?,14-,15+. The number of aromatic amines is 1. The molecule has 28 heavy (non-hydrogen) atoms. The van der Waals surface area contributed by atoms with Crippen molar-refractivity contribution in [1.82, 2.24) is 14.8 Å². The minimum Gasteiger partial charge on any atom is -0.360 e. The van der Waals surface area contributed by atoms with Gasteiger partial charge < -0.3 is 14.8 Å². The highest BCUT2D eigenvalue weighted by molar-refractivity contribution is 6.00. The molecule has 3 atom stereocenters. The molecule has 2 aliphatic heterocycles. The van der Waals surface area contributed by atoms with Crippen LogP contribution in [0, 0.1) is 17.2 Å². The number of carbonyl (C=O) groups excluding carboxylic acids is 2. The van der Waals surface area contributed by atoms with Crippen molar-refractivity contribution in [2.24, 2.45) is 5.92 Å². The molecule has 1 unspecified atom stereocenters. The molecule has 0 aliphatic carbocycles. The van der Waals surface area contributed by atoms with Gasteiger partial charge in [-0.15, -0.1) is 0 Å². The smallest absolute Gasteiger partial charge is 0.254 e. The fourth-order valence-corrected chi connectivity index (χ4v) is 4.31. The Morgan fingerprint density at radius 2 is 1.93 bits per heavy atom. The van der Waals surface area contributed by atoms with E-state index in [2.05, 4.69) is 11.1 Å². The number of alkyl halides is 2. The number of nitriles is 1. The molecule has 8 heteroatoms. The normalized spacial score (nSPS) is 22.5. The first-order valence-corrected chi connectivity index (χ1v) is 9.31. The Balaban J connectivity index is 1.56. The second-order valence-corrected chi connectivity index (χ2v) is 7.54. The number of benzene rings is 1. The fourth-order valence-electron chi connectivity index (χ4n) is 4.31. The van der Waals surface area contributed by atoms with Gasteiger partial charge in [0.05, 0.1) is 23.6 Å². The first-order chi connectivity index (χ1) is 13.4. The van der Waals surface area contributed by atoms with Crippen molar-refractivity contribution in [2.45, 2.75) is 38.3 Å². The molecule has 2 fully saturated rings. The maximum Gasteiger partial charge on any atom is 0.254 e. The van der Waals surface area contributed by atoms with Crippen LogP contribution in [0.2, 0.25) is 0 Å². The summed E-state index contributed by atoms with van der Waals surface area (Å²) in [6, 6.07) is 6.97. The van der Waals surface area contributed by atoms with Crippen LogP contribution in [0.5, 0.6) is 0 Å². The van der Waals surface area contributed by atoms with E-state index in [9.17, 15) is 23.6 Å². The minimum absolute atomic E-state index is 0.145. The number of H-pyrrole nitrogens is 1. The zero-order valence-corrected chi connectivity index (χ0v) is 15.4. The number of fused-ring (bicyclic) bond motifs is 3. The van der Waals surface area contributed by atoms with Gasteiger partial charge >= 0.3 is 0 Å². The van der Waals surface area contributed by atoms with Gasteiger partial charge in [0.2, 0.25) is 12.3 Å². The van der Waals surface area contributed by atoms with E-state index in [1.807, 2.05) is 0 Å². The lowest BCUT2D eigenvalue weighted by molar-refractivity contribution is -0.142. The van der Waals surface area contributed by atoms with Crippen LogP contribution in [-0.2, 0) is 4.79 Å². The Kier molecular flexibility index (Phi) is 4.53. The summed E-state index contributed by atoms with van der Waals surface area (Å²) >= 11 is 0. The summed E-state index contributed by atoms with van der Waals surface area (Å²) in [6.07, 6.45) is 0.419. The molecule has 6 nitrogen and oxygen atoms in total. The summed E-state index contributed by atoms with van der Waals surface area (Å²) in [6.45, 7) is 1.81. The zero-order valence-electron chi connectivity index (χ0n) is 15.4. The van der Waals surface area contributed by atoms with Gasteiger partial charge in [0.15, 0.2) is 0 Å². The number of hydrogen-bond donors (Lipinski definition) is 1. The molecule has 146 valence electrons. The lowest BCUT2D eigenvalue weighted by atomic mass is 10.1. The predicted molar refractivity (Wildman–Crippen MR) is 97.7 cm³/mol. The van der Waals surface area contributed by atoms with E-state index in [0.29, 0.717) is 16.5 Å². The highest BCUT2D eigenvalue weighted by Crippen LogP contribution is 2.33. The number of rotatable bonds is 3. The number of aromatic nitrogens is 1. The van der Waals surface area contributed by atoms with Crippen molar-refractivity contribution in [3.8, 4) is 6.07 Å². The minimum atomic E-state index is -2.69. The molecule has 1 aromatic carbocycles. The van der Waals surface area contributed by atoms with E-state index in [-0.39, 0.29) is 31.1 Å². The SMILES string of the molecule is CC(C(=O)N1C[C@H]2CC[C@@H](C1)N2C(=O)c1ccc2[nH]cc(C#N)c2c1)C(F)F. The molecule has 2 amide bonds. The highest BCUT2D eigenvalue weighted by Gasteiger charge is 2.45. The van der Waals surface area contributed by atoms with Crippen LogP contribution in [0.4, 0.5) is 8.78 Å². The molecule has 1 aromatic heterocycles. The number of amides is 2. The van der Waals surface area contributed by atoms with Crippen LogP contribution in [0.3, 0.4) is 0 Å². The van der Waals surface area contributed by atoms with Gasteiger partial charge in [-0.05, 0) is 38.0 Å². The zero-order chi connectivity index (χ0) is 20.0. The Labute approximate surface area is 160 Å². The average Bonchev–Trinajstić information content (AvgIpc) is 3.22. The van der Waals surface area contributed by atoms with Gasteiger partial charge in [0.25, 0.3) is 5.91 Å². The van der Waals surface area contributed by atoms with Gasteiger partial charge in [-0.1, -0.05) is 0 Å². The molecule has 2 saturated heterocycles. The van der Waals surface area contributed by atoms with Gasteiger partial charge in [-0.25, -0.2) is 8.78 Å². The Bertz CT molecular complexity index is 966. The molecular formula is C20H20F2N4O2. The summed E-state index contributed by atoms with van der Waals surface area (Å²) in [5, 5.41) is 9.90. The highest BCUT2D eigenvalue weighted by atomic mass is 19.3. The number of halogens is 2. The largest absolute Gasteiger partial charge is 0.360 e. The first kappa shape index (κ1) is 18.4. The van der Waals surface area contributed by atoms with Crippen LogP contribution in [0.1, 0.15) is 35.7 Å². The van der Waals surface area contributed by atoms with Gasteiger partial charge in [-0.3, -0.25) is 9.59 Å². The summed E-state index contributed by atoms with van der Waals surface area (Å²) in [5.74, 6) is -2.03. The third-order valence-electron chi connectivity index (χ3n) is 5.84. The molecule has 2 aromatic rings. The lowest BCUT2D eigenvalue weighted by Gasteiger charge is -2.41. The Morgan fingerprint density at radius 3 is 2.54 bits per heavy atom. The summed E-state index contributed by atoms with van der Waals surface area (Å²) in [4.78, 5) is 31.7. The topological polar surface area (TPSA) is 80.2 Å². The van der Waals surface area contributed by atoms with Gasteiger partial charge in [0.1, 0.15) is 6.07 Å². The second-order valence-electron chi connectivity index (χ2n) is 7.54. The quantitative estimate of drug-likeness (QED) is 0.881. The average molecular weight is 386 g/mol. The predicted octanol–water partition coefficient (Wildman–Crippen LogP) is 2.76. The van der Waals surface area contributed by atoms with E-state index < -0.39 is 18.3 Å². The molecule has 0 radical (unpaired) electrons. The molecular weight excluding hydrogens is 366 g/mol. The Morgan fingerprint density at radius 1 is 1.25 bits per heavy atom. The molecule has 1 N–H and O–H groups in total. The molecule has 4 rings (SSSR count). The van der Waals surface area contributed by atoms with Crippen molar-refractivity contribution >= 4 is 22.7 Å². The monoisotopic (exact) mass is 386 g/mol. The number of nitrogens with one attached hydrogen (secondary N) is 1. The fraction of sp³-hybridized carbons (Fsp3) is 0.450. The molecule has 2 aliphatic rings. The van der Waals surface area contributed by atoms with Gasteiger partial charge in [-0.2, -0.15) is 5.26 Å². The van der Waals surface area contributed by atoms with Crippen molar-refractivity contribution in [1.29, 1.82) is 5.26 Å². The van der Waals surface area contributed by atoms with Gasteiger partial charge in [0, 0.05) is 35.8 Å². The third kappa shape index (κ3) is 2.91. The third-order valence-corrected chi connectivity index (χ3v) is 5.84. The van der Waals surface area contributed by atoms with Crippen LogP contribution >= 0.6 is 0 Å². The molecule has 0 saturated carbocycles. The van der Waals surface area contributed by atoms with Crippen LogP contribution in [0.25, 0.3) is 10.9 Å².